The quantitative estimate of drug-likeness (QED) is 0.758. The van der Waals surface area contributed by atoms with E-state index in [1.807, 2.05) is 0 Å². The number of rotatable bonds is 4. The van der Waals surface area contributed by atoms with Crippen molar-refractivity contribution in [1.82, 2.24) is 5.32 Å². The Morgan fingerprint density at radius 2 is 2.08 bits per heavy atom. The largest absolute Gasteiger partial charge is 0.356 e. The molecule has 1 fully saturated rings. The Balaban J connectivity index is 1.88. The van der Waals surface area contributed by atoms with Gasteiger partial charge in [-0.05, 0) is 66.7 Å². The zero-order valence-corrected chi connectivity index (χ0v) is 15.7. The van der Waals surface area contributed by atoms with E-state index in [0.717, 1.165) is 25.8 Å². The second kappa shape index (κ2) is 7.35. The van der Waals surface area contributed by atoms with Crippen LogP contribution >= 0.6 is 12.6 Å². The molecule has 0 spiro atoms. The van der Waals surface area contributed by atoms with Gasteiger partial charge in [0, 0.05) is 13.5 Å². The van der Waals surface area contributed by atoms with Crippen LogP contribution in [0.4, 0.5) is 0 Å². The number of carbonyl (C=O) groups is 1. The van der Waals surface area contributed by atoms with Crippen LogP contribution in [0.2, 0.25) is 0 Å². The lowest BCUT2D eigenvalue weighted by Crippen LogP contribution is -2.46. The molecule has 2 aliphatic rings. The van der Waals surface area contributed by atoms with Crippen molar-refractivity contribution in [3.8, 4) is 0 Å². The lowest BCUT2D eigenvalue weighted by molar-refractivity contribution is -0.119. The Morgan fingerprint density at radius 1 is 1.33 bits per heavy atom. The van der Waals surface area contributed by atoms with Crippen molar-refractivity contribution in [3.05, 3.63) is 46.4 Å². The second-order valence-corrected chi connectivity index (χ2v) is 8.37. The van der Waals surface area contributed by atoms with Crippen LogP contribution < -0.4 is 5.32 Å². The maximum absolute atomic E-state index is 11.4. The van der Waals surface area contributed by atoms with E-state index in [4.69, 9.17) is 12.6 Å². The SMILES string of the molecule is CC(=O)NC[C@@H]1CCCC2(Cc3ccccc3)CC(S)=C(C)CC12. The summed E-state index contributed by atoms with van der Waals surface area (Å²) in [5.74, 6) is 1.32. The molecule has 2 aliphatic carbocycles. The van der Waals surface area contributed by atoms with E-state index < -0.39 is 0 Å². The molecular weight excluding hydrogens is 314 g/mol. The molecule has 0 aromatic heterocycles. The highest BCUT2D eigenvalue weighted by Gasteiger charge is 2.47. The van der Waals surface area contributed by atoms with Gasteiger partial charge >= 0.3 is 0 Å². The Kier molecular flexibility index (Phi) is 5.39. The fraction of sp³-hybridized carbons (Fsp3) is 0.571. The van der Waals surface area contributed by atoms with E-state index in [-0.39, 0.29) is 5.91 Å². The third-order valence-electron chi connectivity index (χ3n) is 6.16. The van der Waals surface area contributed by atoms with Crippen LogP contribution in [0.1, 0.15) is 51.5 Å². The van der Waals surface area contributed by atoms with Gasteiger partial charge in [-0.25, -0.2) is 0 Å². The standard InChI is InChI=1S/C21H29NOS/c1-15-11-19-18(14-22-16(2)23)9-6-10-21(19,13-20(15)24)12-17-7-4-3-5-8-17/h3-5,7-8,18-19,24H,6,9-14H2,1-2H3,(H,22,23)/t18-,19?,21?/m0/s1. The third-order valence-corrected chi connectivity index (χ3v) is 6.70. The van der Waals surface area contributed by atoms with Crippen LogP contribution in [0.25, 0.3) is 0 Å². The molecule has 0 heterocycles. The first-order valence-corrected chi connectivity index (χ1v) is 9.61. The summed E-state index contributed by atoms with van der Waals surface area (Å²) in [5, 5.41) is 3.08. The summed E-state index contributed by atoms with van der Waals surface area (Å²) < 4.78 is 0. The molecule has 130 valence electrons. The molecule has 1 amide bonds. The Morgan fingerprint density at radius 3 is 2.79 bits per heavy atom. The van der Waals surface area contributed by atoms with Gasteiger partial charge in [-0.2, -0.15) is 0 Å². The lowest BCUT2D eigenvalue weighted by Gasteiger charge is -2.52. The van der Waals surface area contributed by atoms with E-state index in [0.29, 0.717) is 17.3 Å². The number of hydrogen-bond acceptors (Lipinski definition) is 2. The maximum Gasteiger partial charge on any atom is 0.216 e. The molecule has 1 aromatic carbocycles. The summed E-state index contributed by atoms with van der Waals surface area (Å²) in [6.07, 6.45) is 7.13. The van der Waals surface area contributed by atoms with Crippen molar-refractivity contribution >= 4 is 18.5 Å². The highest BCUT2D eigenvalue weighted by Crippen LogP contribution is 2.56. The summed E-state index contributed by atoms with van der Waals surface area (Å²) in [6.45, 7) is 4.68. The van der Waals surface area contributed by atoms with Crippen LogP contribution in [-0.4, -0.2) is 12.5 Å². The second-order valence-electron chi connectivity index (χ2n) is 7.83. The molecule has 0 radical (unpaired) electrons. The first-order valence-electron chi connectivity index (χ1n) is 9.16. The Hall–Kier alpha value is -1.22. The van der Waals surface area contributed by atoms with Crippen molar-refractivity contribution in [2.45, 2.75) is 52.4 Å². The third kappa shape index (κ3) is 3.72. The van der Waals surface area contributed by atoms with Gasteiger partial charge in [0.25, 0.3) is 0 Å². The number of thiol groups is 1. The lowest BCUT2D eigenvalue weighted by atomic mass is 9.54. The van der Waals surface area contributed by atoms with Crippen molar-refractivity contribution < 1.29 is 4.79 Å². The normalized spacial score (nSPS) is 30.0. The predicted molar refractivity (Wildman–Crippen MR) is 103 cm³/mol. The minimum Gasteiger partial charge on any atom is -0.356 e. The van der Waals surface area contributed by atoms with Crippen LogP contribution in [0, 0.1) is 17.3 Å². The van der Waals surface area contributed by atoms with Gasteiger partial charge in [0.2, 0.25) is 5.91 Å². The van der Waals surface area contributed by atoms with Crippen molar-refractivity contribution in [2.24, 2.45) is 17.3 Å². The Labute approximate surface area is 151 Å². The van der Waals surface area contributed by atoms with Crippen LogP contribution in [-0.2, 0) is 11.2 Å². The van der Waals surface area contributed by atoms with Crippen molar-refractivity contribution in [3.63, 3.8) is 0 Å². The molecule has 0 saturated heterocycles. The highest BCUT2D eigenvalue weighted by atomic mass is 32.1. The van der Waals surface area contributed by atoms with E-state index in [1.54, 1.807) is 6.92 Å². The predicted octanol–water partition coefficient (Wildman–Crippen LogP) is 4.77. The number of amides is 1. The molecular formula is C21H29NOS. The van der Waals surface area contributed by atoms with E-state index in [1.165, 1.54) is 35.3 Å². The summed E-state index contributed by atoms with van der Waals surface area (Å²) in [5.41, 5.74) is 3.18. The van der Waals surface area contributed by atoms with E-state index in [2.05, 4.69) is 42.6 Å². The summed E-state index contributed by atoms with van der Waals surface area (Å²) >= 11 is 4.82. The van der Waals surface area contributed by atoms with Crippen molar-refractivity contribution in [2.75, 3.05) is 6.54 Å². The summed E-state index contributed by atoms with van der Waals surface area (Å²) in [6, 6.07) is 10.9. The summed E-state index contributed by atoms with van der Waals surface area (Å²) in [4.78, 5) is 12.7. The maximum atomic E-state index is 11.4. The molecule has 0 aliphatic heterocycles. The molecule has 3 atom stereocenters. The number of carbonyl (C=O) groups excluding carboxylic acids is 1. The Bertz CT molecular complexity index is 624. The zero-order chi connectivity index (χ0) is 17.2. The van der Waals surface area contributed by atoms with E-state index in [9.17, 15) is 4.79 Å². The van der Waals surface area contributed by atoms with E-state index >= 15 is 0 Å². The number of allylic oxidation sites excluding steroid dienone is 2. The zero-order valence-electron chi connectivity index (χ0n) is 14.8. The minimum absolute atomic E-state index is 0.0900. The topological polar surface area (TPSA) is 29.1 Å². The first-order chi connectivity index (χ1) is 11.5. The molecule has 3 heteroatoms. The monoisotopic (exact) mass is 343 g/mol. The number of benzene rings is 1. The molecule has 1 N–H and O–H groups in total. The molecule has 24 heavy (non-hydrogen) atoms. The molecule has 2 unspecified atom stereocenters. The summed E-state index contributed by atoms with van der Waals surface area (Å²) in [7, 11) is 0. The van der Waals surface area contributed by atoms with Crippen LogP contribution in [0.15, 0.2) is 40.8 Å². The van der Waals surface area contributed by atoms with Crippen LogP contribution in [0.3, 0.4) is 0 Å². The molecule has 0 bridgehead atoms. The molecule has 3 rings (SSSR count). The van der Waals surface area contributed by atoms with Crippen molar-refractivity contribution in [1.29, 1.82) is 0 Å². The molecule has 2 nitrogen and oxygen atoms in total. The van der Waals surface area contributed by atoms with Gasteiger partial charge in [-0.1, -0.05) is 42.3 Å². The molecule has 1 aromatic rings. The minimum atomic E-state index is 0.0900. The van der Waals surface area contributed by atoms with Gasteiger partial charge in [-0.15, -0.1) is 12.6 Å². The van der Waals surface area contributed by atoms with Crippen LogP contribution in [0.5, 0.6) is 0 Å². The first kappa shape index (κ1) is 17.6. The molecule has 1 saturated carbocycles. The van der Waals surface area contributed by atoms with Gasteiger partial charge in [0.1, 0.15) is 0 Å². The highest BCUT2D eigenvalue weighted by molar-refractivity contribution is 7.84. The number of fused-ring (bicyclic) bond motifs is 1. The van der Waals surface area contributed by atoms with Gasteiger partial charge < -0.3 is 5.32 Å². The van der Waals surface area contributed by atoms with Gasteiger partial charge in [0.15, 0.2) is 0 Å². The number of nitrogens with one attached hydrogen (secondary N) is 1. The number of hydrogen-bond donors (Lipinski definition) is 2. The average molecular weight is 344 g/mol. The van der Waals surface area contributed by atoms with Gasteiger partial charge in [-0.3, -0.25) is 4.79 Å². The smallest absolute Gasteiger partial charge is 0.216 e. The average Bonchev–Trinajstić information content (AvgIpc) is 2.55. The fourth-order valence-corrected chi connectivity index (χ4v) is 5.35. The van der Waals surface area contributed by atoms with Gasteiger partial charge in [0.05, 0.1) is 0 Å². The fourth-order valence-electron chi connectivity index (χ4n) is 4.94.